The van der Waals surface area contributed by atoms with Crippen LogP contribution in [0.3, 0.4) is 0 Å². The summed E-state index contributed by atoms with van der Waals surface area (Å²) in [4.78, 5) is 0. The molecule has 0 radical (unpaired) electrons. The first-order chi connectivity index (χ1) is 9.43. The fourth-order valence-corrected chi connectivity index (χ4v) is 3.83. The topological polar surface area (TPSA) is 21.3 Å². The van der Waals surface area contributed by atoms with E-state index in [2.05, 4.69) is 60.2 Å². The summed E-state index contributed by atoms with van der Waals surface area (Å²) in [5.41, 5.74) is 2.91. The molecule has 2 nitrogen and oxygen atoms in total. The Kier molecular flexibility index (Phi) is 5.14. The van der Waals surface area contributed by atoms with Crippen molar-refractivity contribution in [2.24, 2.45) is 11.3 Å². The van der Waals surface area contributed by atoms with E-state index in [0.29, 0.717) is 24.0 Å². The summed E-state index contributed by atoms with van der Waals surface area (Å²) in [6.07, 6.45) is 3.83. The van der Waals surface area contributed by atoms with Crippen LogP contribution in [0.1, 0.15) is 45.6 Å². The molecule has 1 aliphatic rings. The van der Waals surface area contributed by atoms with Crippen LogP contribution in [-0.4, -0.2) is 13.2 Å². The van der Waals surface area contributed by atoms with Gasteiger partial charge in [0.15, 0.2) is 0 Å². The van der Waals surface area contributed by atoms with Gasteiger partial charge in [-0.1, -0.05) is 42.8 Å². The van der Waals surface area contributed by atoms with Crippen LogP contribution in [0.25, 0.3) is 0 Å². The quantitative estimate of drug-likeness (QED) is 0.811. The van der Waals surface area contributed by atoms with Crippen molar-refractivity contribution in [3.8, 4) is 0 Å². The van der Waals surface area contributed by atoms with E-state index in [1.54, 1.807) is 7.11 Å². The van der Waals surface area contributed by atoms with E-state index in [-0.39, 0.29) is 0 Å². The normalized spacial score (nSPS) is 25.4. The van der Waals surface area contributed by atoms with Crippen molar-refractivity contribution in [2.45, 2.75) is 52.7 Å². The van der Waals surface area contributed by atoms with Crippen LogP contribution < -0.4 is 5.32 Å². The lowest BCUT2D eigenvalue weighted by atomic mass is 9.70. The highest BCUT2D eigenvalue weighted by atomic mass is 79.9. The van der Waals surface area contributed by atoms with E-state index in [1.807, 2.05) is 0 Å². The predicted octanol–water partition coefficient (Wildman–Crippen LogP) is 5.22. The van der Waals surface area contributed by atoms with Gasteiger partial charge in [0.05, 0.1) is 6.61 Å². The molecule has 1 aromatic rings. The predicted molar refractivity (Wildman–Crippen MR) is 89.1 cm³/mol. The smallest absolute Gasteiger partial charge is 0.0744 e. The number of ether oxygens (including phenoxy) is 1. The van der Waals surface area contributed by atoms with Crippen LogP contribution in [0.2, 0.25) is 0 Å². The van der Waals surface area contributed by atoms with Crippen molar-refractivity contribution in [1.82, 2.24) is 0 Å². The fraction of sp³-hybridized carbons (Fsp3) is 0.647. The van der Waals surface area contributed by atoms with Crippen molar-refractivity contribution in [3.05, 3.63) is 28.2 Å². The van der Waals surface area contributed by atoms with Gasteiger partial charge in [0.2, 0.25) is 0 Å². The summed E-state index contributed by atoms with van der Waals surface area (Å²) in [7, 11) is 1.75. The van der Waals surface area contributed by atoms with Crippen LogP contribution in [0, 0.1) is 11.3 Å². The minimum atomic E-state index is 0.490. The Bertz CT molecular complexity index is 458. The maximum Gasteiger partial charge on any atom is 0.0744 e. The fourth-order valence-electron chi connectivity index (χ4n) is 3.35. The van der Waals surface area contributed by atoms with Gasteiger partial charge in [-0.15, -0.1) is 0 Å². The number of hydrogen-bond donors (Lipinski definition) is 1. The van der Waals surface area contributed by atoms with Crippen molar-refractivity contribution >= 4 is 21.6 Å². The zero-order valence-electron chi connectivity index (χ0n) is 13.0. The molecule has 1 fully saturated rings. The molecule has 1 aromatic carbocycles. The lowest BCUT2D eigenvalue weighted by Crippen LogP contribution is -2.37. The van der Waals surface area contributed by atoms with Crippen LogP contribution in [0.5, 0.6) is 0 Å². The average molecular weight is 340 g/mol. The van der Waals surface area contributed by atoms with Crippen molar-refractivity contribution in [1.29, 1.82) is 0 Å². The molecule has 2 atom stereocenters. The van der Waals surface area contributed by atoms with Gasteiger partial charge in [0.1, 0.15) is 0 Å². The molecule has 20 heavy (non-hydrogen) atoms. The van der Waals surface area contributed by atoms with Gasteiger partial charge in [-0.25, -0.2) is 0 Å². The molecule has 0 aliphatic heterocycles. The number of benzene rings is 1. The number of rotatable bonds is 4. The van der Waals surface area contributed by atoms with Gasteiger partial charge in [0, 0.05) is 28.9 Å². The molecular weight excluding hydrogens is 314 g/mol. The Balaban J connectivity index is 2.12. The van der Waals surface area contributed by atoms with Crippen molar-refractivity contribution in [2.75, 3.05) is 12.4 Å². The van der Waals surface area contributed by atoms with E-state index in [1.165, 1.54) is 30.5 Å². The van der Waals surface area contributed by atoms with Crippen LogP contribution in [0.4, 0.5) is 5.69 Å². The summed E-state index contributed by atoms with van der Waals surface area (Å²) in [5.74, 6) is 0.702. The monoisotopic (exact) mass is 339 g/mol. The summed E-state index contributed by atoms with van der Waals surface area (Å²) in [5, 5.41) is 3.75. The molecule has 1 saturated carbocycles. The number of methoxy groups -OCH3 is 1. The lowest BCUT2D eigenvalue weighted by molar-refractivity contribution is 0.175. The van der Waals surface area contributed by atoms with Crippen LogP contribution >= 0.6 is 15.9 Å². The molecule has 1 N–H and O–H groups in total. The maximum absolute atomic E-state index is 5.33. The Morgan fingerprint density at radius 3 is 2.80 bits per heavy atom. The van der Waals surface area contributed by atoms with E-state index in [4.69, 9.17) is 4.74 Å². The van der Waals surface area contributed by atoms with Gasteiger partial charge in [0.25, 0.3) is 0 Å². The van der Waals surface area contributed by atoms with Gasteiger partial charge in [-0.3, -0.25) is 0 Å². The van der Waals surface area contributed by atoms with Gasteiger partial charge in [-0.2, -0.15) is 0 Å². The second-order valence-corrected chi connectivity index (χ2v) is 7.69. The highest BCUT2D eigenvalue weighted by Crippen LogP contribution is 2.40. The zero-order valence-corrected chi connectivity index (χ0v) is 14.6. The molecule has 0 aromatic heterocycles. The van der Waals surface area contributed by atoms with Crippen LogP contribution in [-0.2, 0) is 11.3 Å². The minimum Gasteiger partial charge on any atom is -0.382 e. The molecule has 1 aliphatic carbocycles. The molecular formula is C17H26BrNO. The first kappa shape index (κ1) is 15.8. The van der Waals surface area contributed by atoms with E-state index < -0.39 is 0 Å². The number of halogens is 1. The van der Waals surface area contributed by atoms with Gasteiger partial charge < -0.3 is 10.1 Å². The molecule has 0 heterocycles. The van der Waals surface area contributed by atoms with Gasteiger partial charge >= 0.3 is 0 Å². The average Bonchev–Trinajstić information content (AvgIpc) is 2.36. The minimum absolute atomic E-state index is 0.490. The first-order valence-corrected chi connectivity index (χ1v) is 8.25. The Morgan fingerprint density at radius 2 is 2.15 bits per heavy atom. The standard InChI is InChI=1S/C17H26BrNO/c1-12-10-17(2,3)9-8-15(12)19-16-7-5-6-14(18)13(16)11-20-4/h5-7,12,15,19H,8-11H2,1-4H3. The summed E-state index contributed by atoms with van der Waals surface area (Å²) in [6, 6.07) is 6.88. The van der Waals surface area contributed by atoms with Crippen LogP contribution in [0.15, 0.2) is 22.7 Å². The molecule has 3 heteroatoms. The third-order valence-electron chi connectivity index (χ3n) is 4.44. The number of nitrogens with one attached hydrogen (secondary N) is 1. The summed E-state index contributed by atoms with van der Waals surface area (Å²) in [6.45, 7) is 7.77. The molecule has 0 bridgehead atoms. The first-order valence-electron chi connectivity index (χ1n) is 7.46. The van der Waals surface area contributed by atoms with Gasteiger partial charge in [-0.05, 0) is 42.7 Å². The Labute approximate surface area is 131 Å². The molecule has 0 saturated heterocycles. The number of anilines is 1. The van der Waals surface area contributed by atoms with Crippen molar-refractivity contribution < 1.29 is 4.74 Å². The SMILES string of the molecule is COCc1c(Br)cccc1NC1CCC(C)(C)CC1C. The van der Waals surface area contributed by atoms with E-state index in [0.717, 1.165) is 4.47 Å². The Hall–Kier alpha value is -0.540. The highest BCUT2D eigenvalue weighted by molar-refractivity contribution is 9.10. The number of hydrogen-bond acceptors (Lipinski definition) is 2. The van der Waals surface area contributed by atoms with Crippen molar-refractivity contribution in [3.63, 3.8) is 0 Å². The highest BCUT2D eigenvalue weighted by Gasteiger charge is 2.32. The second-order valence-electron chi connectivity index (χ2n) is 6.83. The molecule has 0 amide bonds. The molecule has 2 unspecified atom stereocenters. The molecule has 112 valence electrons. The molecule has 2 rings (SSSR count). The largest absolute Gasteiger partial charge is 0.382 e. The summed E-state index contributed by atoms with van der Waals surface area (Å²) < 4.78 is 6.45. The van der Waals surface area contributed by atoms with E-state index >= 15 is 0 Å². The molecule has 0 spiro atoms. The van der Waals surface area contributed by atoms with E-state index in [9.17, 15) is 0 Å². The third-order valence-corrected chi connectivity index (χ3v) is 5.18. The summed E-state index contributed by atoms with van der Waals surface area (Å²) >= 11 is 3.63. The Morgan fingerprint density at radius 1 is 1.40 bits per heavy atom. The zero-order chi connectivity index (χ0) is 14.8. The lowest BCUT2D eigenvalue weighted by Gasteiger charge is -2.40. The third kappa shape index (κ3) is 3.76. The maximum atomic E-state index is 5.33. The second kappa shape index (κ2) is 6.48.